The molecule has 0 aromatic heterocycles. The maximum absolute atomic E-state index is 13.4. The SMILES string of the molecule is CNC(=O)C(C)N(Cc1cccc(Br)c1)C(=O)CN(c1ccc(OC)c(OC)c1)S(C)(=O)=O. The molecule has 1 unspecified atom stereocenters. The molecule has 0 fully saturated rings. The second-order valence-electron chi connectivity index (χ2n) is 7.25. The van der Waals surface area contributed by atoms with Crippen LogP contribution >= 0.6 is 15.9 Å². The number of hydrogen-bond donors (Lipinski definition) is 1. The zero-order valence-electron chi connectivity index (χ0n) is 19.2. The molecule has 0 aliphatic carbocycles. The maximum Gasteiger partial charge on any atom is 0.244 e. The maximum atomic E-state index is 13.4. The minimum Gasteiger partial charge on any atom is -0.493 e. The Hall–Kier alpha value is -2.79. The van der Waals surface area contributed by atoms with E-state index >= 15 is 0 Å². The van der Waals surface area contributed by atoms with Gasteiger partial charge in [-0.25, -0.2) is 8.42 Å². The minimum atomic E-state index is -3.84. The second kappa shape index (κ2) is 11.4. The molecule has 2 aromatic carbocycles. The zero-order valence-corrected chi connectivity index (χ0v) is 21.6. The van der Waals surface area contributed by atoms with E-state index in [4.69, 9.17) is 9.47 Å². The van der Waals surface area contributed by atoms with E-state index in [9.17, 15) is 18.0 Å². The molecule has 0 spiro atoms. The summed E-state index contributed by atoms with van der Waals surface area (Å²) in [6, 6.07) is 11.1. The first-order valence-corrected chi connectivity index (χ1v) is 12.6. The molecule has 180 valence electrons. The highest BCUT2D eigenvalue weighted by Gasteiger charge is 2.30. The molecular weight excluding hydrogens is 514 g/mol. The summed E-state index contributed by atoms with van der Waals surface area (Å²) in [7, 11) is 0.539. The molecular formula is C22H28BrN3O6S. The summed E-state index contributed by atoms with van der Waals surface area (Å²) < 4.78 is 37.5. The van der Waals surface area contributed by atoms with Gasteiger partial charge in [-0.15, -0.1) is 0 Å². The fraction of sp³-hybridized carbons (Fsp3) is 0.364. The molecule has 0 heterocycles. The highest BCUT2D eigenvalue weighted by Crippen LogP contribution is 2.32. The van der Waals surface area contributed by atoms with Crippen LogP contribution in [0.3, 0.4) is 0 Å². The fourth-order valence-corrected chi connectivity index (χ4v) is 4.51. The molecule has 11 heteroatoms. The van der Waals surface area contributed by atoms with Crippen LogP contribution in [0.2, 0.25) is 0 Å². The predicted octanol–water partition coefficient (Wildman–Crippen LogP) is 2.40. The van der Waals surface area contributed by atoms with Crippen molar-refractivity contribution < 1.29 is 27.5 Å². The van der Waals surface area contributed by atoms with E-state index in [1.54, 1.807) is 13.0 Å². The van der Waals surface area contributed by atoms with E-state index in [1.165, 1.54) is 38.3 Å². The Morgan fingerprint density at radius 1 is 1.09 bits per heavy atom. The Balaban J connectivity index is 2.43. The summed E-state index contributed by atoms with van der Waals surface area (Å²) in [5, 5.41) is 2.54. The third-order valence-electron chi connectivity index (χ3n) is 4.99. The molecule has 2 rings (SSSR count). The van der Waals surface area contributed by atoms with E-state index in [2.05, 4.69) is 21.2 Å². The number of nitrogens with one attached hydrogen (secondary N) is 1. The number of sulfonamides is 1. The average molecular weight is 542 g/mol. The van der Waals surface area contributed by atoms with Gasteiger partial charge in [-0.1, -0.05) is 28.1 Å². The van der Waals surface area contributed by atoms with Gasteiger partial charge in [-0.05, 0) is 36.8 Å². The molecule has 0 aliphatic heterocycles. The summed E-state index contributed by atoms with van der Waals surface area (Å²) in [6.45, 7) is 1.22. The molecule has 2 aromatic rings. The van der Waals surface area contributed by atoms with Crippen LogP contribution in [0, 0.1) is 0 Å². The first kappa shape index (κ1) is 26.5. The van der Waals surface area contributed by atoms with Crippen LogP contribution in [0.4, 0.5) is 5.69 Å². The van der Waals surface area contributed by atoms with Gasteiger partial charge in [0.05, 0.1) is 26.2 Å². The summed E-state index contributed by atoms with van der Waals surface area (Å²) in [5.41, 5.74) is 1.02. The number of likely N-dealkylation sites (N-methyl/N-ethyl adjacent to an activating group) is 1. The molecule has 0 aliphatic rings. The smallest absolute Gasteiger partial charge is 0.244 e. The number of methoxy groups -OCH3 is 2. The Morgan fingerprint density at radius 3 is 2.30 bits per heavy atom. The van der Waals surface area contributed by atoms with Gasteiger partial charge in [-0.3, -0.25) is 13.9 Å². The number of carbonyl (C=O) groups is 2. The molecule has 0 radical (unpaired) electrons. The lowest BCUT2D eigenvalue weighted by Gasteiger charge is -2.31. The van der Waals surface area contributed by atoms with Crippen molar-refractivity contribution in [1.82, 2.24) is 10.2 Å². The highest BCUT2D eigenvalue weighted by molar-refractivity contribution is 9.10. The van der Waals surface area contributed by atoms with E-state index in [0.29, 0.717) is 11.5 Å². The predicted molar refractivity (Wildman–Crippen MR) is 130 cm³/mol. The van der Waals surface area contributed by atoms with Crippen LogP contribution in [-0.4, -0.2) is 65.2 Å². The van der Waals surface area contributed by atoms with Gasteiger partial charge in [-0.2, -0.15) is 0 Å². The molecule has 0 saturated carbocycles. The topological polar surface area (TPSA) is 105 Å². The summed E-state index contributed by atoms with van der Waals surface area (Å²) in [4.78, 5) is 27.1. The molecule has 0 bridgehead atoms. The number of nitrogens with zero attached hydrogens (tertiary/aromatic N) is 2. The van der Waals surface area contributed by atoms with Gasteiger partial charge in [0, 0.05) is 24.1 Å². The molecule has 9 nitrogen and oxygen atoms in total. The standard InChI is InChI=1S/C22H28BrN3O6S/c1-15(22(28)24-2)25(13-16-7-6-8-17(23)11-16)21(27)14-26(33(5,29)30)18-9-10-19(31-3)20(12-18)32-4/h6-12,15H,13-14H2,1-5H3,(H,24,28). The molecule has 2 amide bonds. The normalized spacial score (nSPS) is 11.9. The Kier molecular flexibility index (Phi) is 9.12. The number of ether oxygens (including phenoxy) is 2. The third-order valence-corrected chi connectivity index (χ3v) is 6.62. The first-order valence-electron chi connectivity index (χ1n) is 9.97. The van der Waals surface area contributed by atoms with Crippen molar-refractivity contribution in [2.45, 2.75) is 19.5 Å². The van der Waals surface area contributed by atoms with Gasteiger partial charge >= 0.3 is 0 Å². The second-order valence-corrected chi connectivity index (χ2v) is 10.1. The zero-order chi connectivity index (χ0) is 24.8. The Labute approximate surface area is 202 Å². The van der Waals surface area contributed by atoms with Crippen molar-refractivity contribution in [2.24, 2.45) is 0 Å². The van der Waals surface area contributed by atoms with Crippen molar-refractivity contribution >= 4 is 43.5 Å². The number of rotatable bonds is 10. The fourth-order valence-electron chi connectivity index (χ4n) is 3.22. The largest absolute Gasteiger partial charge is 0.493 e. The molecule has 0 saturated heterocycles. The van der Waals surface area contributed by atoms with Crippen LogP contribution in [0.1, 0.15) is 12.5 Å². The Morgan fingerprint density at radius 2 is 1.76 bits per heavy atom. The van der Waals surface area contributed by atoms with Crippen molar-refractivity contribution in [3.05, 3.63) is 52.5 Å². The lowest BCUT2D eigenvalue weighted by Crippen LogP contribution is -2.50. The number of halogens is 1. The summed E-state index contributed by atoms with van der Waals surface area (Å²) in [5.74, 6) is -0.159. The van der Waals surface area contributed by atoms with E-state index < -0.39 is 28.5 Å². The van der Waals surface area contributed by atoms with Crippen molar-refractivity contribution in [2.75, 3.05) is 38.4 Å². The number of amides is 2. The summed E-state index contributed by atoms with van der Waals surface area (Å²) >= 11 is 3.40. The first-order chi connectivity index (χ1) is 15.5. The number of carbonyl (C=O) groups excluding carboxylic acids is 2. The van der Waals surface area contributed by atoms with Crippen LogP contribution in [0.5, 0.6) is 11.5 Å². The van der Waals surface area contributed by atoms with Crippen LogP contribution in [-0.2, 0) is 26.2 Å². The van der Waals surface area contributed by atoms with Gasteiger partial charge in [0.15, 0.2) is 11.5 Å². The van der Waals surface area contributed by atoms with Crippen molar-refractivity contribution in [3.8, 4) is 11.5 Å². The average Bonchev–Trinajstić information content (AvgIpc) is 2.78. The van der Waals surface area contributed by atoms with Gasteiger partial charge < -0.3 is 19.7 Å². The number of anilines is 1. The molecule has 33 heavy (non-hydrogen) atoms. The Bertz CT molecular complexity index is 1110. The quantitative estimate of drug-likeness (QED) is 0.495. The van der Waals surface area contributed by atoms with Crippen LogP contribution < -0.4 is 19.1 Å². The monoisotopic (exact) mass is 541 g/mol. The molecule has 1 N–H and O–H groups in total. The van der Waals surface area contributed by atoms with Crippen LogP contribution in [0.15, 0.2) is 46.9 Å². The van der Waals surface area contributed by atoms with E-state index in [0.717, 1.165) is 20.6 Å². The van der Waals surface area contributed by atoms with Gasteiger partial charge in [0.1, 0.15) is 12.6 Å². The van der Waals surface area contributed by atoms with Crippen LogP contribution in [0.25, 0.3) is 0 Å². The van der Waals surface area contributed by atoms with Gasteiger partial charge in [0.2, 0.25) is 21.8 Å². The van der Waals surface area contributed by atoms with E-state index in [-0.39, 0.29) is 18.1 Å². The van der Waals surface area contributed by atoms with Gasteiger partial charge in [0.25, 0.3) is 0 Å². The third kappa shape index (κ3) is 6.84. The summed E-state index contributed by atoms with van der Waals surface area (Å²) in [6.07, 6.45) is 1.01. The molecule has 1 atom stereocenters. The lowest BCUT2D eigenvalue weighted by molar-refractivity contribution is -0.139. The highest BCUT2D eigenvalue weighted by atomic mass is 79.9. The number of benzene rings is 2. The minimum absolute atomic E-state index is 0.121. The lowest BCUT2D eigenvalue weighted by atomic mass is 10.1. The number of hydrogen-bond acceptors (Lipinski definition) is 6. The van der Waals surface area contributed by atoms with E-state index in [1.807, 2.05) is 24.3 Å². The van der Waals surface area contributed by atoms with Crippen molar-refractivity contribution in [3.63, 3.8) is 0 Å². The van der Waals surface area contributed by atoms with Crippen molar-refractivity contribution in [1.29, 1.82) is 0 Å².